The lowest BCUT2D eigenvalue weighted by atomic mass is 9.75. The predicted molar refractivity (Wildman–Crippen MR) is 129 cm³/mol. The molecule has 0 unspecified atom stereocenters. The van der Waals surface area contributed by atoms with Crippen LogP contribution in [0.2, 0.25) is 0 Å². The predicted octanol–water partition coefficient (Wildman–Crippen LogP) is 5.14. The second-order valence-corrected chi connectivity index (χ2v) is 9.20. The Labute approximate surface area is 197 Å². The van der Waals surface area contributed by atoms with Crippen molar-refractivity contribution in [2.75, 3.05) is 0 Å². The number of aromatic hydroxyl groups is 1. The Hall–Kier alpha value is -3.61. The van der Waals surface area contributed by atoms with Gasteiger partial charge in [-0.2, -0.15) is 0 Å². The van der Waals surface area contributed by atoms with Crippen LogP contribution in [-0.4, -0.2) is 24.6 Å². The van der Waals surface area contributed by atoms with Gasteiger partial charge < -0.3 is 5.11 Å². The largest absolute Gasteiger partial charge is 0.492 e. The Bertz CT molecular complexity index is 1400. The first-order chi connectivity index (χ1) is 16.4. The highest BCUT2D eigenvalue weighted by molar-refractivity contribution is 5.76. The molecule has 1 fully saturated rings. The average Bonchev–Trinajstić information content (AvgIpc) is 2.82. The number of halogens is 1. The summed E-state index contributed by atoms with van der Waals surface area (Å²) in [6.07, 6.45) is 6.21. The molecule has 0 amide bonds. The Balaban J connectivity index is 1.51. The third-order valence-electron chi connectivity index (χ3n) is 7.01. The summed E-state index contributed by atoms with van der Waals surface area (Å²) < 4.78 is 16.1. The van der Waals surface area contributed by atoms with E-state index < -0.39 is 0 Å². The van der Waals surface area contributed by atoms with Gasteiger partial charge in [0.05, 0.1) is 6.54 Å². The van der Waals surface area contributed by atoms with Crippen LogP contribution in [-0.2, 0) is 6.54 Å². The van der Waals surface area contributed by atoms with Gasteiger partial charge in [-0.3, -0.25) is 14.3 Å². The van der Waals surface area contributed by atoms with Gasteiger partial charge in [0.25, 0.3) is 5.56 Å². The van der Waals surface area contributed by atoms with E-state index in [0.717, 1.165) is 53.5 Å². The summed E-state index contributed by atoms with van der Waals surface area (Å²) in [4.78, 5) is 26.4. The van der Waals surface area contributed by atoms with Crippen LogP contribution in [0, 0.1) is 19.7 Å². The molecule has 34 heavy (non-hydrogen) atoms. The van der Waals surface area contributed by atoms with E-state index in [2.05, 4.69) is 15.0 Å². The monoisotopic (exact) mass is 458 g/mol. The summed E-state index contributed by atoms with van der Waals surface area (Å²) >= 11 is 0. The van der Waals surface area contributed by atoms with Crippen molar-refractivity contribution in [3.05, 3.63) is 93.0 Å². The van der Waals surface area contributed by atoms with E-state index in [0.29, 0.717) is 11.3 Å². The van der Waals surface area contributed by atoms with Gasteiger partial charge in [0.1, 0.15) is 17.2 Å². The Morgan fingerprint density at radius 1 is 1.03 bits per heavy atom. The molecule has 4 aromatic rings. The summed E-state index contributed by atoms with van der Waals surface area (Å²) in [6, 6.07) is 11.1. The van der Waals surface area contributed by atoms with E-state index in [1.807, 2.05) is 38.1 Å². The molecule has 0 spiro atoms. The summed E-state index contributed by atoms with van der Waals surface area (Å²) in [5.74, 6) is -0.0765. The van der Waals surface area contributed by atoms with Crippen molar-refractivity contribution in [3.63, 3.8) is 0 Å². The minimum atomic E-state index is -0.193. The molecule has 6 nitrogen and oxygen atoms in total. The van der Waals surface area contributed by atoms with Crippen LogP contribution in [0.5, 0.6) is 5.88 Å². The van der Waals surface area contributed by atoms with E-state index in [4.69, 9.17) is 0 Å². The SMILES string of the molecule is Cc1ccc2cc(C3CCC(c4c(C)cccc4F)CC3)c(=O)n(Cc3nccnc3O)c2n1. The van der Waals surface area contributed by atoms with Crippen molar-refractivity contribution < 1.29 is 9.50 Å². The summed E-state index contributed by atoms with van der Waals surface area (Å²) in [5.41, 5.74) is 4.11. The normalized spacial score (nSPS) is 18.3. The van der Waals surface area contributed by atoms with E-state index in [1.165, 1.54) is 18.5 Å². The lowest BCUT2D eigenvalue weighted by molar-refractivity contribution is 0.384. The zero-order chi connectivity index (χ0) is 23.8. The van der Waals surface area contributed by atoms with Gasteiger partial charge in [-0.05, 0) is 86.8 Å². The molecule has 1 saturated carbocycles. The number of hydrogen-bond acceptors (Lipinski definition) is 5. The summed E-state index contributed by atoms with van der Waals surface area (Å²) in [7, 11) is 0. The molecular formula is C27H27FN4O2. The van der Waals surface area contributed by atoms with Crippen LogP contribution < -0.4 is 5.56 Å². The van der Waals surface area contributed by atoms with E-state index in [1.54, 1.807) is 10.6 Å². The van der Waals surface area contributed by atoms with Crippen molar-refractivity contribution in [2.45, 2.75) is 57.9 Å². The van der Waals surface area contributed by atoms with Gasteiger partial charge in [0, 0.05) is 29.0 Å². The van der Waals surface area contributed by atoms with Crippen molar-refractivity contribution in [2.24, 2.45) is 0 Å². The van der Waals surface area contributed by atoms with Crippen LogP contribution >= 0.6 is 0 Å². The molecular weight excluding hydrogens is 431 g/mol. The van der Waals surface area contributed by atoms with Crippen LogP contribution in [0.1, 0.15) is 65.6 Å². The average molecular weight is 459 g/mol. The van der Waals surface area contributed by atoms with Crippen molar-refractivity contribution in [1.29, 1.82) is 0 Å². The number of aryl methyl sites for hydroxylation is 2. The highest BCUT2D eigenvalue weighted by Gasteiger charge is 2.28. The fourth-order valence-electron chi connectivity index (χ4n) is 5.28. The van der Waals surface area contributed by atoms with Gasteiger partial charge in [0.2, 0.25) is 5.88 Å². The number of rotatable bonds is 4. The number of pyridine rings is 2. The van der Waals surface area contributed by atoms with Gasteiger partial charge >= 0.3 is 0 Å². The van der Waals surface area contributed by atoms with E-state index in [-0.39, 0.29) is 35.6 Å². The molecule has 0 saturated heterocycles. The lowest BCUT2D eigenvalue weighted by Crippen LogP contribution is -2.28. The molecule has 0 radical (unpaired) electrons. The zero-order valence-corrected chi connectivity index (χ0v) is 19.3. The third kappa shape index (κ3) is 4.06. The van der Waals surface area contributed by atoms with Gasteiger partial charge in [-0.25, -0.2) is 14.4 Å². The first-order valence-corrected chi connectivity index (χ1v) is 11.7. The van der Waals surface area contributed by atoms with Crippen molar-refractivity contribution >= 4 is 11.0 Å². The zero-order valence-electron chi connectivity index (χ0n) is 19.3. The van der Waals surface area contributed by atoms with Crippen molar-refractivity contribution in [1.82, 2.24) is 19.5 Å². The molecule has 1 N–H and O–H groups in total. The van der Waals surface area contributed by atoms with Crippen LogP contribution in [0.4, 0.5) is 4.39 Å². The Kier molecular flexibility index (Phi) is 5.86. The fourth-order valence-corrected chi connectivity index (χ4v) is 5.28. The second-order valence-electron chi connectivity index (χ2n) is 9.20. The minimum absolute atomic E-state index is 0.0863. The molecule has 7 heteroatoms. The molecule has 5 rings (SSSR count). The van der Waals surface area contributed by atoms with Gasteiger partial charge in [0.15, 0.2) is 0 Å². The van der Waals surface area contributed by atoms with Crippen LogP contribution in [0.15, 0.2) is 53.6 Å². The van der Waals surface area contributed by atoms with Gasteiger partial charge in [-0.1, -0.05) is 12.1 Å². The molecule has 1 aliphatic rings. The molecule has 0 atom stereocenters. The van der Waals surface area contributed by atoms with Crippen molar-refractivity contribution in [3.8, 4) is 5.88 Å². The second kappa shape index (κ2) is 8.97. The summed E-state index contributed by atoms with van der Waals surface area (Å²) in [6.45, 7) is 3.93. The molecule has 3 heterocycles. The molecule has 3 aromatic heterocycles. The molecule has 1 aromatic carbocycles. The fraction of sp³-hybridized carbons (Fsp3) is 0.333. The number of fused-ring (bicyclic) bond motifs is 1. The molecule has 1 aliphatic carbocycles. The number of benzene rings is 1. The molecule has 0 bridgehead atoms. The lowest BCUT2D eigenvalue weighted by Gasteiger charge is -2.30. The Morgan fingerprint density at radius 3 is 2.50 bits per heavy atom. The van der Waals surface area contributed by atoms with E-state index >= 15 is 0 Å². The molecule has 174 valence electrons. The number of aromatic nitrogens is 4. The topological polar surface area (TPSA) is 80.9 Å². The van der Waals surface area contributed by atoms with Crippen LogP contribution in [0.25, 0.3) is 11.0 Å². The maximum atomic E-state index is 14.5. The standard InChI is InChI=1S/C27H27FN4O2/c1-16-4-3-5-22(28)24(16)19-10-8-18(9-11-19)21-14-20-7-6-17(2)31-25(20)32(27(21)34)15-23-26(33)30-13-12-29-23/h3-7,12-14,18-19H,8-11,15H2,1-2H3,(H,30,33). The van der Waals surface area contributed by atoms with Gasteiger partial charge in [-0.15, -0.1) is 0 Å². The molecule has 0 aliphatic heterocycles. The number of hydrogen-bond donors (Lipinski definition) is 1. The first kappa shape index (κ1) is 22.2. The quantitative estimate of drug-likeness (QED) is 0.458. The smallest absolute Gasteiger partial charge is 0.256 e. The van der Waals surface area contributed by atoms with E-state index in [9.17, 15) is 14.3 Å². The Morgan fingerprint density at radius 2 is 1.76 bits per heavy atom. The highest BCUT2D eigenvalue weighted by Crippen LogP contribution is 2.41. The summed E-state index contributed by atoms with van der Waals surface area (Å²) in [5, 5.41) is 11.0. The van der Waals surface area contributed by atoms with Crippen LogP contribution in [0.3, 0.4) is 0 Å². The number of nitrogens with zero attached hydrogens (tertiary/aromatic N) is 4. The minimum Gasteiger partial charge on any atom is -0.492 e. The third-order valence-corrected chi connectivity index (χ3v) is 7.01. The first-order valence-electron chi connectivity index (χ1n) is 11.7. The maximum Gasteiger partial charge on any atom is 0.256 e. The highest BCUT2D eigenvalue weighted by atomic mass is 19.1. The maximum absolute atomic E-state index is 14.5.